The van der Waals surface area contributed by atoms with E-state index in [0.717, 1.165) is 12.0 Å². The molecule has 0 unspecified atom stereocenters. The Morgan fingerprint density at radius 3 is 2.57 bits per heavy atom. The number of nitrogens with two attached hydrogens (primary N) is 1. The molecule has 2 N–H and O–H groups in total. The van der Waals surface area contributed by atoms with Crippen LogP contribution in [0.25, 0.3) is 0 Å². The largest absolute Gasteiger partial charge is 0.435 e. The summed E-state index contributed by atoms with van der Waals surface area (Å²) in [6.07, 6.45) is 0.851. The van der Waals surface area contributed by atoms with E-state index in [-0.39, 0.29) is 17.7 Å². The average Bonchev–Trinajstić information content (AvgIpc) is 2.82. The highest BCUT2D eigenvalue weighted by Gasteiger charge is 2.37. The SMILES string of the molecule is N[C@@H]1C[C@H]1c1ccccc1OC(F)F. The van der Waals surface area contributed by atoms with Crippen molar-refractivity contribution < 1.29 is 13.5 Å². The Kier molecular flexibility index (Phi) is 2.37. The van der Waals surface area contributed by atoms with E-state index >= 15 is 0 Å². The van der Waals surface area contributed by atoms with Crippen molar-refractivity contribution in [2.45, 2.75) is 25.0 Å². The smallest absolute Gasteiger partial charge is 0.387 e. The summed E-state index contributed by atoms with van der Waals surface area (Å²) in [4.78, 5) is 0. The summed E-state index contributed by atoms with van der Waals surface area (Å²) in [5.74, 6) is 0.436. The predicted molar refractivity (Wildman–Crippen MR) is 48.4 cm³/mol. The second kappa shape index (κ2) is 3.53. The minimum atomic E-state index is -2.77. The molecule has 0 amide bonds. The molecule has 2 atom stereocenters. The van der Waals surface area contributed by atoms with E-state index in [1.807, 2.05) is 0 Å². The first-order chi connectivity index (χ1) is 6.68. The zero-order valence-corrected chi connectivity index (χ0v) is 7.49. The maximum atomic E-state index is 12.0. The molecule has 2 rings (SSSR count). The Labute approximate surface area is 80.7 Å². The highest BCUT2D eigenvalue weighted by Crippen LogP contribution is 2.43. The van der Waals surface area contributed by atoms with Crippen molar-refractivity contribution in [3.8, 4) is 5.75 Å². The van der Waals surface area contributed by atoms with Gasteiger partial charge in [0, 0.05) is 12.0 Å². The highest BCUT2D eigenvalue weighted by atomic mass is 19.3. The third-order valence-electron chi connectivity index (χ3n) is 2.37. The van der Waals surface area contributed by atoms with Gasteiger partial charge in [0.05, 0.1) is 0 Å². The summed E-state index contributed by atoms with van der Waals surface area (Å²) in [6, 6.07) is 6.91. The number of hydrogen-bond acceptors (Lipinski definition) is 2. The van der Waals surface area contributed by atoms with Gasteiger partial charge in [0.25, 0.3) is 0 Å². The van der Waals surface area contributed by atoms with Crippen LogP contribution in [0.2, 0.25) is 0 Å². The molecule has 1 aromatic carbocycles. The van der Waals surface area contributed by atoms with Gasteiger partial charge in [-0.25, -0.2) is 0 Å². The fraction of sp³-hybridized carbons (Fsp3) is 0.400. The van der Waals surface area contributed by atoms with Crippen LogP contribution >= 0.6 is 0 Å². The molecule has 0 aromatic heterocycles. The molecular formula is C10H11F2NO. The van der Waals surface area contributed by atoms with Gasteiger partial charge in [-0.2, -0.15) is 8.78 Å². The molecule has 0 radical (unpaired) electrons. The monoisotopic (exact) mass is 199 g/mol. The van der Waals surface area contributed by atoms with E-state index in [9.17, 15) is 8.78 Å². The molecule has 76 valence electrons. The predicted octanol–water partition coefficient (Wildman–Crippen LogP) is 2.10. The zero-order valence-electron chi connectivity index (χ0n) is 7.49. The van der Waals surface area contributed by atoms with Crippen LogP contribution in [0.1, 0.15) is 17.9 Å². The third kappa shape index (κ3) is 1.85. The molecule has 0 bridgehead atoms. The molecule has 0 heterocycles. The number of halogens is 2. The minimum absolute atomic E-state index is 0.0948. The van der Waals surface area contributed by atoms with Crippen LogP contribution in [0.15, 0.2) is 24.3 Å². The zero-order chi connectivity index (χ0) is 10.1. The van der Waals surface area contributed by atoms with E-state index < -0.39 is 6.61 Å². The Hall–Kier alpha value is -1.16. The van der Waals surface area contributed by atoms with Gasteiger partial charge in [0.1, 0.15) is 5.75 Å². The number of alkyl halides is 2. The fourth-order valence-corrected chi connectivity index (χ4v) is 1.56. The number of para-hydroxylation sites is 1. The van der Waals surface area contributed by atoms with Crippen molar-refractivity contribution in [1.29, 1.82) is 0 Å². The second-order valence-corrected chi connectivity index (χ2v) is 3.42. The van der Waals surface area contributed by atoms with Gasteiger partial charge < -0.3 is 10.5 Å². The number of ether oxygens (including phenoxy) is 1. The van der Waals surface area contributed by atoms with Crippen LogP contribution in [-0.4, -0.2) is 12.7 Å². The molecule has 1 fully saturated rings. The average molecular weight is 199 g/mol. The maximum absolute atomic E-state index is 12.0. The lowest BCUT2D eigenvalue weighted by Crippen LogP contribution is -2.06. The lowest BCUT2D eigenvalue weighted by molar-refractivity contribution is -0.0504. The first-order valence-electron chi connectivity index (χ1n) is 4.48. The van der Waals surface area contributed by atoms with Crippen molar-refractivity contribution in [1.82, 2.24) is 0 Å². The van der Waals surface area contributed by atoms with E-state index in [2.05, 4.69) is 4.74 Å². The number of rotatable bonds is 3. The van der Waals surface area contributed by atoms with Crippen LogP contribution in [0, 0.1) is 0 Å². The van der Waals surface area contributed by atoms with Crippen LogP contribution in [0.3, 0.4) is 0 Å². The van der Waals surface area contributed by atoms with Gasteiger partial charge >= 0.3 is 6.61 Å². The van der Waals surface area contributed by atoms with Gasteiger partial charge in [-0.05, 0) is 18.1 Å². The van der Waals surface area contributed by atoms with E-state index in [1.165, 1.54) is 0 Å². The molecule has 2 nitrogen and oxygen atoms in total. The van der Waals surface area contributed by atoms with Crippen molar-refractivity contribution in [3.63, 3.8) is 0 Å². The summed E-state index contributed by atoms with van der Waals surface area (Å²) in [7, 11) is 0. The van der Waals surface area contributed by atoms with E-state index in [4.69, 9.17) is 5.73 Å². The Morgan fingerprint density at radius 2 is 2.00 bits per heavy atom. The van der Waals surface area contributed by atoms with Crippen molar-refractivity contribution in [2.24, 2.45) is 5.73 Å². The topological polar surface area (TPSA) is 35.2 Å². The Bertz CT molecular complexity index is 330. The molecule has 0 spiro atoms. The molecule has 1 aromatic rings. The van der Waals surface area contributed by atoms with Gasteiger partial charge in [-0.1, -0.05) is 18.2 Å². The standard InChI is InChI=1S/C10H11F2NO/c11-10(12)14-9-4-2-1-3-6(9)7-5-8(7)13/h1-4,7-8,10H,5,13H2/t7-,8+/m0/s1. The van der Waals surface area contributed by atoms with Crippen LogP contribution in [0.5, 0.6) is 5.75 Å². The first-order valence-corrected chi connectivity index (χ1v) is 4.48. The summed E-state index contributed by atoms with van der Waals surface area (Å²) in [5.41, 5.74) is 6.45. The van der Waals surface area contributed by atoms with Gasteiger partial charge in [-0.15, -0.1) is 0 Å². The number of hydrogen-bond donors (Lipinski definition) is 1. The Balaban J connectivity index is 2.20. The van der Waals surface area contributed by atoms with Crippen LogP contribution in [-0.2, 0) is 0 Å². The first kappa shape index (κ1) is 9.40. The summed E-state index contributed by atoms with van der Waals surface area (Å²) in [6.45, 7) is -2.77. The Morgan fingerprint density at radius 1 is 1.36 bits per heavy atom. The molecule has 14 heavy (non-hydrogen) atoms. The summed E-state index contributed by atoms with van der Waals surface area (Å²) in [5, 5.41) is 0. The van der Waals surface area contributed by atoms with Gasteiger partial charge in [0.15, 0.2) is 0 Å². The molecule has 1 aliphatic carbocycles. The normalized spacial score (nSPS) is 25.1. The quantitative estimate of drug-likeness (QED) is 0.809. The van der Waals surface area contributed by atoms with Crippen molar-refractivity contribution in [2.75, 3.05) is 0 Å². The minimum Gasteiger partial charge on any atom is -0.435 e. The maximum Gasteiger partial charge on any atom is 0.387 e. The lowest BCUT2D eigenvalue weighted by atomic mass is 10.1. The summed E-state index contributed by atoms with van der Waals surface area (Å²) < 4.78 is 28.5. The molecular weight excluding hydrogens is 188 g/mol. The van der Waals surface area contributed by atoms with Gasteiger partial charge in [-0.3, -0.25) is 0 Å². The van der Waals surface area contributed by atoms with Crippen molar-refractivity contribution >= 4 is 0 Å². The molecule has 1 aliphatic rings. The van der Waals surface area contributed by atoms with E-state index in [0.29, 0.717) is 0 Å². The number of benzene rings is 1. The van der Waals surface area contributed by atoms with Gasteiger partial charge in [0.2, 0.25) is 0 Å². The molecule has 0 saturated heterocycles. The lowest BCUT2D eigenvalue weighted by Gasteiger charge is -2.09. The van der Waals surface area contributed by atoms with Crippen LogP contribution in [0.4, 0.5) is 8.78 Å². The molecule has 1 saturated carbocycles. The van der Waals surface area contributed by atoms with Crippen LogP contribution < -0.4 is 10.5 Å². The summed E-state index contributed by atoms with van der Waals surface area (Å²) >= 11 is 0. The van der Waals surface area contributed by atoms with E-state index in [1.54, 1.807) is 24.3 Å². The van der Waals surface area contributed by atoms with Crippen molar-refractivity contribution in [3.05, 3.63) is 29.8 Å². The third-order valence-corrected chi connectivity index (χ3v) is 2.37. The molecule has 0 aliphatic heterocycles. The highest BCUT2D eigenvalue weighted by molar-refractivity contribution is 5.40. The molecule has 4 heteroatoms. The fourth-order valence-electron chi connectivity index (χ4n) is 1.56. The second-order valence-electron chi connectivity index (χ2n) is 3.42.